The number of rotatable bonds is 5. The van der Waals surface area contributed by atoms with Gasteiger partial charge in [0.25, 0.3) is 11.5 Å². The molecule has 0 aliphatic carbocycles. The highest BCUT2D eigenvalue weighted by atomic mass is 19.1. The predicted molar refractivity (Wildman–Crippen MR) is 91.2 cm³/mol. The van der Waals surface area contributed by atoms with Gasteiger partial charge in [-0.25, -0.2) is 13.9 Å². The van der Waals surface area contributed by atoms with Gasteiger partial charge in [-0.2, -0.15) is 5.10 Å². The third kappa shape index (κ3) is 4.10. The van der Waals surface area contributed by atoms with Gasteiger partial charge in [0, 0.05) is 24.2 Å². The second-order valence-electron chi connectivity index (χ2n) is 5.39. The van der Waals surface area contributed by atoms with Crippen LogP contribution in [0.15, 0.2) is 68.8 Å². The summed E-state index contributed by atoms with van der Waals surface area (Å²) < 4.78 is 18.8. The average molecular weight is 355 g/mol. The van der Waals surface area contributed by atoms with Gasteiger partial charge in [-0.1, -0.05) is 0 Å². The van der Waals surface area contributed by atoms with Crippen LogP contribution in [0.3, 0.4) is 0 Å². The number of carbonyl (C=O) groups excluding carboxylic acids is 1. The van der Waals surface area contributed by atoms with Gasteiger partial charge in [-0.3, -0.25) is 9.59 Å². The van der Waals surface area contributed by atoms with E-state index in [0.717, 1.165) is 12.3 Å². The van der Waals surface area contributed by atoms with E-state index in [0.29, 0.717) is 11.3 Å². The van der Waals surface area contributed by atoms with E-state index in [1.54, 1.807) is 18.2 Å². The summed E-state index contributed by atoms with van der Waals surface area (Å²) in [6.45, 7) is 0.300. The van der Waals surface area contributed by atoms with Gasteiger partial charge in [-0.15, -0.1) is 0 Å². The fourth-order valence-electron chi connectivity index (χ4n) is 2.25. The monoisotopic (exact) mass is 355 g/mol. The van der Waals surface area contributed by atoms with Gasteiger partial charge in [0.15, 0.2) is 0 Å². The van der Waals surface area contributed by atoms with Crippen LogP contribution in [0.5, 0.6) is 0 Å². The van der Waals surface area contributed by atoms with E-state index in [1.807, 2.05) is 0 Å². The Hall–Kier alpha value is -3.55. The van der Waals surface area contributed by atoms with Crippen LogP contribution in [0.4, 0.5) is 4.39 Å². The molecule has 0 saturated carbocycles. The lowest BCUT2D eigenvalue weighted by Gasteiger charge is -2.08. The zero-order valence-corrected chi connectivity index (χ0v) is 13.5. The molecule has 0 fully saturated rings. The molecule has 2 heterocycles. The molecule has 0 radical (unpaired) electrons. The summed E-state index contributed by atoms with van der Waals surface area (Å²) in [7, 11) is 0. The van der Waals surface area contributed by atoms with Gasteiger partial charge in [0.05, 0.1) is 17.8 Å². The second-order valence-corrected chi connectivity index (χ2v) is 5.39. The van der Waals surface area contributed by atoms with Crippen molar-refractivity contribution in [2.75, 3.05) is 6.54 Å². The summed E-state index contributed by atoms with van der Waals surface area (Å²) in [4.78, 5) is 34.7. The van der Waals surface area contributed by atoms with Crippen LogP contribution < -0.4 is 16.5 Å². The van der Waals surface area contributed by atoms with Crippen LogP contribution in [0.25, 0.3) is 11.3 Å². The number of nitrogens with one attached hydrogen (secondary N) is 1. The first kappa shape index (κ1) is 17.3. The van der Waals surface area contributed by atoms with Gasteiger partial charge >= 0.3 is 5.63 Å². The fourth-order valence-corrected chi connectivity index (χ4v) is 2.25. The highest BCUT2D eigenvalue weighted by Crippen LogP contribution is 2.15. The number of hydrogen-bond acceptors (Lipinski definition) is 5. The summed E-state index contributed by atoms with van der Waals surface area (Å²) >= 11 is 0. The first-order valence-electron chi connectivity index (χ1n) is 7.74. The Labute approximate surface area is 146 Å². The molecule has 0 spiro atoms. The largest absolute Gasteiger partial charge is 0.430 e. The Balaban J connectivity index is 1.68. The minimum atomic E-state index is -0.546. The van der Waals surface area contributed by atoms with E-state index in [4.69, 9.17) is 0 Å². The van der Waals surface area contributed by atoms with Gasteiger partial charge in [0.1, 0.15) is 12.1 Å². The Kier molecular flexibility index (Phi) is 5.02. The van der Waals surface area contributed by atoms with Crippen molar-refractivity contribution in [1.82, 2.24) is 15.1 Å². The topological polar surface area (TPSA) is 94.2 Å². The summed E-state index contributed by atoms with van der Waals surface area (Å²) in [5.41, 5.74) is 0.514. The van der Waals surface area contributed by atoms with Gasteiger partial charge in [0.2, 0.25) is 0 Å². The van der Waals surface area contributed by atoms with Crippen molar-refractivity contribution in [3.8, 4) is 11.3 Å². The minimum absolute atomic E-state index is 0.149. The Morgan fingerprint density at radius 1 is 1.08 bits per heavy atom. The Morgan fingerprint density at radius 2 is 1.85 bits per heavy atom. The first-order chi connectivity index (χ1) is 12.5. The fraction of sp³-hybridized carbons (Fsp3) is 0.111. The number of amides is 1. The van der Waals surface area contributed by atoms with Crippen molar-refractivity contribution < 1.29 is 13.6 Å². The number of nitrogens with zero attached hydrogens (tertiary/aromatic N) is 2. The summed E-state index contributed by atoms with van der Waals surface area (Å²) in [5, 5.41) is 6.83. The van der Waals surface area contributed by atoms with E-state index < -0.39 is 11.5 Å². The molecule has 1 amide bonds. The van der Waals surface area contributed by atoms with Gasteiger partial charge in [-0.05, 0) is 36.4 Å². The molecule has 26 heavy (non-hydrogen) atoms. The molecular formula is C18H14FN3O4. The predicted octanol–water partition coefficient (Wildman–Crippen LogP) is 1.43. The Bertz CT molecular complexity index is 1020. The van der Waals surface area contributed by atoms with Crippen molar-refractivity contribution >= 4 is 5.91 Å². The van der Waals surface area contributed by atoms with E-state index in [9.17, 15) is 18.8 Å². The standard InChI is InChI=1S/C18H14FN3O4/c19-14-4-1-12(2-5-14)15-6-7-16(23)22(21-15)10-9-20-18(25)13-3-8-17(24)26-11-13/h1-8,11H,9-10H2,(H,20,25). The normalized spacial score (nSPS) is 10.5. The molecule has 132 valence electrons. The van der Waals surface area contributed by atoms with Crippen LogP contribution in [0.2, 0.25) is 0 Å². The maximum atomic E-state index is 13.0. The number of aromatic nitrogens is 2. The molecule has 0 saturated heterocycles. The third-order valence-electron chi connectivity index (χ3n) is 3.58. The van der Waals surface area contributed by atoms with E-state index in [2.05, 4.69) is 14.8 Å². The zero-order chi connectivity index (χ0) is 18.5. The average Bonchev–Trinajstić information content (AvgIpc) is 2.64. The van der Waals surface area contributed by atoms with Crippen LogP contribution in [0.1, 0.15) is 10.4 Å². The number of halogens is 1. The van der Waals surface area contributed by atoms with Crippen LogP contribution >= 0.6 is 0 Å². The van der Waals surface area contributed by atoms with Crippen LogP contribution in [-0.4, -0.2) is 22.2 Å². The highest BCUT2D eigenvalue weighted by Gasteiger charge is 2.07. The molecule has 0 aliphatic rings. The summed E-state index contributed by atoms with van der Waals surface area (Å²) in [6, 6.07) is 11.2. The molecule has 2 aromatic heterocycles. The maximum absolute atomic E-state index is 13.0. The Morgan fingerprint density at radius 3 is 2.54 bits per heavy atom. The summed E-state index contributed by atoms with van der Waals surface area (Å²) in [6.07, 6.45) is 1.07. The molecule has 1 N–H and O–H groups in total. The number of benzene rings is 1. The first-order valence-corrected chi connectivity index (χ1v) is 7.74. The molecule has 3 rings (SSSR count). The smallest absolute Gasteiger partial charge is 0.335 e. The molecule has 0 bridgehead atoms. The number of carbonyl (C=O) groups is 1. The summed E-state index contributed by atoms with van der Waals surface area (Å²) in [5.74, 6) is -0.794. The highest BCUT2D eigenvalue weighted by molar-refractivity contribution is 5.93. The molecular weight excluding hydrogens is 341 g/mol. The SMILES string of the molecule is O=C(NCCn1nc(-c2ccc(F)cc2)ccc1=O)c1ccc(=O)oc1. The van der Waals surface area contributed by atoms with Crippen molar-refractivity contribution in [2.24, 2.45) is 0 Å². The molecule has 0 unspecified atom stereocenters. The lowest BCUT2D eigenvalue weighted by molar-refractivity contribution is 0.0949. The van der Waals surface area contributed by atoms with Crippen LogP contribution in [0, 0.1) is 5.82 Å². The molecule has 3 aromatic rings. The van der Waals surface area contributed by atoms with Crippen molar-refractivity contribution in [3.05, 3.63) is 86.9 Å². The lowest BCUT2D eigenvalue weighted by Crippen LogP contribution is -2.32. The quantitative estimate of drug-likeness (QED) is 0.747. The van der Waals surface area contributed by atoms with E-state index in [1.165, 1.54) is 28.9 Å². The molecule has 0 atom stereocenters. The third-order valence-corrected chi connectivity index (χ3v) is 3.58. The van der Waals surface area contributed by atoms with Crippen molar-refractivity contribution in [1.29, 1.82) is 0 Å². The molecule has 1 aromatic carbocycles. The van der Waals surface area contributed by atoms with Gasteiger partial charge < -0.3 is 9.73 Å². The van der Waals surface area contributed by atoms with E-state index in [-0.39, 0.29) is 30.0 Å². The number of hydrogen-bond donors (Lipinski definition) is 1. The van der Waals surface area contributed by atoms with Crippen molar-refractivity contribution in [2.45, 2.75) is 6.54 Å². The molecule has 7 nitrogen and oxygen atoms in total. The minimum Gasteiger partial charge on any atom is -0.430 e. The lowest BCUT2D eigenvalue weighted by atomic mass is 10.1. The van der Waals surface area contributed by atoms with Crippen molar-refractivity contribution in [3.63, 3.8) is 0 Å². The maximum Gasteiger partial charge on any atom is 0.335 e. The van der Waals surface area contributed by atoms with E-state index >= 15 is 0 Å². The molecule has 0 aliphatic heterocycles. The molecule has 8 heteroatoms. The zero-order valence-electron chi connectivity index (χ0n) is 13.5. The van der Waals surface area contributed by atoms with Crippen LogP contribution in [-0.2, 0) is 6.54 Å². The second kappa shape index (κ2) is 7.56.